The first-order valence-corrected chi connectivity index (χ1v) is 11.5. The minimum Gasteiger partial charge on any atom is -0.300 e. The highest BCUT2D eigenvalue weighted by molar-refractivity contribution is 7.16. The highest BCUT2D eigenvalue weighted by Crippen LogP contribution is 2.36. The summed E-state index contributed by atoms with van der Waals surface area (Å²) in [5.41, 5.74) is 9.98. The minimum absolute atomic E-state index is 0.130. The molecule has 162 valence electrons. The molecule has 3 nitrogen and oxygen atoms in total. The normalized spacial score (nSPS) is 11.1. The van der Waals surface area contributed by atoms with Crippen molar-refractivity contribution in [3.63, 3.8) is 0 Å². The average Bonchev–Trinajstić information content (AvgIpc) is 3.28. The zero-order valence-corrected chi connectivity index (χ0v) is 19.1. The number of benzene rings is 3. The lowest BCUT2D eigenvalue weighted by atomic mass is 9.94. The number of nitrogens with zero attached hydrogens (tertiary/aromatic N) is 2. The number of ketones is 1. The lowest BCUT2D eigenvalue weighted by molar-refractivity contribution is -0.116. The molecule has 0 aliphatic heterocycles. The summed E-state index contributed by atoms with van der Waals surface area (Å²) in [5, 5.41) is 0. The number of fused-ring (bicyclic) bond motifs is 1. The number of hydrogen-bond acceptors (Lipinski definition) is 4. The second-order valence-corrected chi connectivity index (χ2v) is 9.08. The summed E-state index contributed by atoms with van der Waals surface area (Å²) < 4.78 is 15.0. The molecule has 5 aromatic rings. The number of hydrogen-bond donors (Lipinski definition) is 0. The smallest absolute Gasteiger partial charge is 0.134 e. The van der Waals surface area contributed by atoms with E-state index in [1.807, 2.05) is 48.1 Å². The fraction of sp³-hybridized carbons (Fsp3) is 0.107. The zero-order chi connectivity index (χ0) is 22.9. The van der Waals surface area contributed by atoms with Gasteiger partial charge < -0.3 is 0 Å². The molecule has 0 saturated heterocycles. The predicted octanol–water partition coefficient (Wildman–Crippen LogP) is 7.27. The van der Waals surface area contributed by atoms with Gasteiger partial charge in [-0.2, -0.15) is 0 Å². The van der Waals surface area contributed by atoms with E-state index in [1.165, 1.54) is 6.07 Å². The lowest BCUT2D eigenvalue weighted by Crippen LogP contribution is -1.97. The molecular weight excluding hydrogens is 431 g/mol. The van der Waals surface area contributed by atoms with E-state index < -0.39 is 0 Å². The molecule has 0 unspecified atom stereocenters. The van der Waals surface area contributed by atoms with E-state index in [2.05, 4.69) is 23.2 Å². The highest BCUT2D eigenvalue weighted by Gasteiger charge is 2.14. The van der Waals surface area contributed by atoms with Crippen molar-refractivity contribution in [3.05, 3.63) is 95.4 Å². The van der Waals surface area contributed by atoms with Gasteiger partial charge in [0.1, 0.15) is 11.6 Å². The van der Waals surface area contributed by atoms with Crippen LogP contribution in [0.1, 0.15) is 18.1 Å². The Bertz CT molecular complexity index is 1510. The molecule has 0 aliphatic carbocycles. The van der Waals surface area contributed by atoms with Crippen molar-refractivity contribution in [3.8, 4) is 33.5 Å². The van der Waals surface area contributed by atoms with E-state index in [1.54, 1.807) is 31.3 Å². The summed E-state index contributed by atoms with van der Waals surface area (Å²) in [6.45, 7) is 3.36. The first-order valence-electron chi connectivity index (χ1n) is 10.7. The molecule has 5 heteroatoms. The van der Waals surface area contributed by atoms with Gasteiger partial charge in [0.25, 0.3) is 0 Å². The molecule has 2 aromatic heterocycles. The molecule has 5 rings (SSSR count). The molecular formula is C28H21FN2OS. The highest BCUT2D eigenvalue weighted by atomic mass is 32.1. The molecule has 3 aromatic carbocycles. The molecule has 33 heavy (non-hydrogen) atoms. The van der Waals surface area contributed by atoms with Gasteiger partial charge in [0.05, 0.1) is 21.4 Å². The van der Waals surface area contributed by atoms with E-state index in [0.29, 0.717) is 12.0 Å². The van der Waals surface area contributed by atoms with Crippen LogP contribution in [0.5, 0.6) is 0 Å². The predicted molar refractivity (Wildman–Crippen MR) is 133 cm³/mol. The van der Waals surface area contributed by atoms with E-state index in [0.717, 1.165) is 49.3 Å². The van der Waals surface area contributed by atoms with Gasteiger partial charge in [-0.1, -0.05) is 30.3 Å². The van der Waals surface area contributed by atoms with E-state index in [9.17, 15) is 9.18 Å². The number of rotatable bonds is 5. The third kappa shape index (κ3) is 4.32. The Morgan fingerprint density at radius 2 is 1.76 bits per heavy atom. The second-order valence-electron chi connectivity index (χ2n) is 8.20. The van der Waals surface area contributed by atoms with Crippen LogP contribution in [0.2, 0.25) is 0 Å². The van der Waals surface area contributed by atoms with Crippen molar-refractivity contribution in [2.75, 3.05) is 0 Å². The molecule has 0 amide bonds. The van der Waals surface area contributed by atoms with E-state index >= 15 is 0 Å². The Hall–Kier alpha value is -3.70. The number of carbonyl (C=O) groups is 1. The number of pyridine rings is 1. The topological polar surface area (TPSA) is 42.9 Å². The number of halogens is 1. The number of thiazole rings is 1. The van der Waals surface area contributed by atoms with Crippen LogP contribution in [0.3, 0.4) is 0 Å². The van der Waals surface area contributed by atoms with Crippen molar-refractivity contribution in [2.45, 2.75) is 20.3 Å². The molecule has 0 aliphatic rings. The van der Waals surface area contributed by atoms with Crippen LogP contribution in [0.4, 0.5) is 4.39 Å². The lowest BCUT2D eigenvalue weighted by Gasteiger charge is -2.13. The van der Waals surface area contributed by atoms with Gasteiger partial charge in [-0.3, -0.25) is 9.78 Å². The first-order chi connectivity index (χ1) is 16.0. The molecule has 0 saturated carbocycles. The van der Waals surface area contributed by atoms with Gasteiger partial charge in [-0.25, -0.2) is 9.37 Å². The maximum atomic E-state index is 13.9. The Morgan fingerprint density at radius 1 is 0.909 bits per heavy atom. The SMILES string of the molecule is CC(=O)Cc1cccc(-c2cnc(-c3ccc(F)c(C)c3)c(-c3ccc4ncsc4c3)c2)c1. The zero-order valence-electron chi connectivity index (χ0n) is 18.3. The largest absolute Gasteiger partial charge is 0.300 e. The second kappa shape index (κ2) is 8.68. The van der Waals surface area contributed by atoms with Crippen LogP contribution in [0, 0.1) is 12.7 Å². The summed E-state index contributed by atoms with van der Waals surface area (Å²) >= 11 is 1.60. The fourth-order valence-electron chi connectivity index (χ4n) is 4.04. The van der Waals surface area contributed by atoms with Gasteiger partial charge in [-0.05, 0) is 72.5 Å². The Kier molecular flexibility index (Phi) is 5.56. The molecule has 0 fully saturated rings. The van der Waals surface area contributed by atoms with Gasteiger partial charge in [-0.15, -0.1) is 11.3 Å². The van der Waals surface area contributed by atoms with Gasteiger partial charge in [0.2, 0.25) is 0 Å². The molecule has 0 radical (unpaired) electrons. The summed E-state index contributed by atoms with van der Waals surface area (Å²) in [4.78, 5) is 20.8. The number of aryl methyl sites for hydroxylation is 1. The van der Waals surface area contributed by atoms with Crippen LogP contribution >= 0.6 is 11.3 Å². The molecule has 0 spiro atoms. The summed E-state index contributed by atoms with van der Waals surface area (Å²) in [5.74, 6) is -0.101. The average molecular weight is 453 g/mol. The maximum absolute atomic E-state index is 13.9. The Morgan fingerprint density at radius 3 is 2.58 bits per heavy atom. The molecule has 0 bridgehead atoms. The van der Waals surface area contributed by atoms with Crippen LogP contribution in [0.25, 0.3) is 43.7 Å². The van der Waals surface area contributed by atoms with Crippen LogP contribution in [-0.2, 0) is 11.2 Å². The van der Waals surface area contributed by atoms with Crippen molar-refractivity contribution in [1.29, 1.82) is 0 Å². The number of carbonyl (C=O) groups excluding carboxylic acids is 1. The number of Topliss-reactive ketones (excluding diaryl/α,β-unsaturated/α-hetero) is 1. The molecule has 2 heterocycles. The van der Waals surface area contributed by atoms with Gasteiger partial charge in [0, 0.05) is 29.3 Å². The van der Waals surface area contributed by atoms with E-state index in [-0.39, 0.29) is 11.6 Å². The molecule has 0 atom stereocenters. The third-order valence-corrected chi connectivity index (χ3v) is 6.47. The van der Waals surface area contributed by atoms with Crippen molar-refractivity contribution >= 4 is 27.3 Å². The number of aromatic nitrogens is 2. The van der Waals surface area contributed by atoms with Crippen molar-refractivity contribution in [2.24, 2.45) is 0 Å². The van der Waals surface area contributed by atoms with Crippen LogP contribution < -0.4 is 0 Å². The minimum atomic E-state index is -0.231. The van der Waals surface area contributed by atoms with Gasteiger partial charge >= 0.3 is 0 Å². The van der Waals surface area contributed by atoms with Crippen LogP contribution in [-0.4, -0.2) is 15.8 Å². The quantitative estimate of drug-likeness (QED) is 0.282. The van der Waals surface area contributed by atoms with Crippen LogP contribution in [0.15, 0.2) is 78.4 Å². The Balaban J connectivity index is 1.69. The monoisotopic (exact) mass is 452 g/mol. The summed E-state index contributed by atoms with van der Waals surface area (Å²) in [7, 11) is 0. The van der Waals surface area contributed by atoms with Crippen molar-refractivity contribution in [1.82, 2.24) is 9.97 Å². The summed E-state index contributed by atoms with van der Waals surface area (Å²) in [6, 6.07) is 21.4. The fourth-order valence-corrected chi connectivity index (χ4v) is 4.75. The maximum Gasteiger partial charge on any atom is 0.134 e. The standard InChI is InChI=1S/C28H21FN2OS/c1-17-10-22(6-8-25(17)29)28-24(21-7-9-26-27(14-21)33-16-31-26)13-23(15-30-28)20-5-3-4-19(12-20)11-18(2)32/h3-10,12-16H,11H2,1-2H3. The first kappa shape index (κ1) is 21.2. The summed E-state index contributed by atoms with van der Waals surface area (Å²) in [6.07, 6.45) is 2.25. The van der Waals surface area contributed by atoms with E-state index in [4.69, 9.17) is 4.98 Å². The third-order valence-electron chi connectivity index (χ3n) is 5.67. The van der Waals surface area contributed by atoms with Crippen molar-refractivity contribution < 1.29 is 9.18 Å². The Labute approximate surface area is 195 Å². The molecule has 0 N–H and O–H groups in total. The van der Waals surface area contributed by atoms with Gasteiger partial charge in [0.15, 0.2) is 0 Å².